The fourth-order valence-corrected chi connectivity index (χ4v) is 2.79. The summed E-state index contributed by atoms with van der Waals surface area (Å²) in [5.74, 6) is -1.69. The summed E-state index contributed by atoms with van der Waals surface area (Å²) < 4.78 is 31.6. The summed E-state index contributed by atoms with van der Waals surface area (Å²) in [6, 6.07) is 6.35. The van der Waals surface area contributed by atoms with Gasteiger partial charge in [-0.15, -0.1) is 0 Å². The lowest BCUT2D eigenvalue weighted by atomic mass is 10.1. The topological polar surface area (TPSA) is 80.3 Å². The summed E-state index contributed by atoms with van der Waals surface area (Å²) in [7, 11) is 0. The molecule has 0 aliphatic heterocycles. The van der Waals surface area contributed by atoms with Crippen molar-refractivity contribution in [2.24, 2.45) is 0 Å². The molecule has 0 spiro atoms. The van der Waals surface area contributed by atoms with Gasteiger partial charge in [0.1, 0.15) is 18.2 Å². The van der Waals surface area contributed by atoms with E-state index in [0.717, 1.165) is 18.1 Å². The van der Waals surface area contributed by atoms with Crippen LogP contribution in [-0.2, 0) is 9.53 Å². The van der Waals surface area contributed by atoms with E-state index in [2.05, 4.69) is 15.6 Å². The van der Waals surface area contributed by atoms with E-state index in [-0.39, 0.29) is 30.7 Å². The lowest BCUT2D eigenvalue weighted by Crippen LogP contribution is -2.40. The number of carbonyl (C=O) groups is 2. The Morgan fingerprint density at radius 1 is 1.26 bits per heavy atom. The van der Waals surface area contributed by atoms with Crippen LogP contribution in [0.25, 0.3) is 11.3 Å². The Bertz CT molecular complexity index is 843. The molecule has 1 aliphatic carbocycles. The van der Waals surface area contributed by atoms with Crippen LogP contribution in [0.15, 0.2) is 36.5 Å². The van der Waals surface area contributed by atoms with Gasteiger partial charge >= 0.3 is 12.0 Å². The molecular formula is C19H19F2N3O3. The van der Waals surface area contributed by atoms with E-state index in [1.54, 1.807) is 19.2 Å². The second kappa shape index (κ2) is 8.11. The molecule has 0 bridgehead atoms. The van der Waals surface area contributed by atoms with Crippen LogP contribution in [0.5, 0.6) is 0 Å². The highest BCUT2D eigenvalue weighted by Gasteiger charge is 2.39. The number of benzene rings is 1. The third kappa shape index (κ3) is 4.78. The number of pyridine rings is 1. The van der Waals surface area contributed by atoms with E-state index < -0.39 is 23.6 Å². The van der Waals surface area contributed by atoms with Crippen LogP contribution in [0.4, 0.5) is 13.6 Å². The number of rotatable bonds is 6. The average Bonchev–Trinajstić information content (AvgIpc) is 3.39. The Morgan fingerprint density at radius 2 is 2.07 bits per heavy atom. The summed E-state index contributed by atoms with van der Waals surface area (Å²) >= 11 is 0. The van der Waals surface area contributed by atoms with Crippen LogP contribution in [0.3, 0.4) is 0 Å². The molecule has 2 aromatic rings. The average molecular weight is 375 g/mol. The number of esters is 1. The number of ether oxygens (including phenoxy) is 1. The molecule has 8 heteroatoms. The summed E-state index contributed by atoms with van der Waals surface area (Å²) in [4.78, 5) is 27.2. The van der Waals surface area contributed by atoms with Crippen LogP contribution < -0.4 is 10.6 Å². The number of carbonyl (C=O) groups excluding carboxylic acids is 2. The van der Waals surface area contributed by atoms with Crippen molar-refractivity contribution in [2.45, 2.75) is 25.3 Å². The molecule has 6 nitrogen and oxygen atoms in total. The quantitative estimate of drug-likeness (QED) is 0.761. The number of urea groups is 1. The smallest absolute Gasteiger partial charge is 0.325 e. The number of amides is 2. The van der Waals surface area contributed by atoms with Crippen LogP contribution in [0.2, 0.25) is 0 Å². The largest absolute Gasteiger partial charge is 0.465 e. The number of nitrogens with zero attached hydrogens (tertiary/aromatic N) is 1. The monoisotopic (exact) mass is 375 g/mol. The van der Waals surface area contributed by atoms with E-state index in [4.69, 9.17) is 4.74 Å². The minimum atomic E-state index is -0.667. The summed E-state index contributed by atoms with van der Waals surface area (Å²) in [5, 5.41) is 5.21. The second-order valence-electron chi connectivity index (χ2n) is 6.18. The molecule has 2 atom stereocenters. The van der Waals surface area contributed by atoms with E-state index in [1.807, 2.05) is 6.07 Å². The molecule has 0 radical (unpaired) electrons. The Labute approximate surface area is 154 Å². The number of aromatic nitrogens is 1. The van der Waals surface area contributed by atoms with E-state index in [1.165, 1.54) is 12.1 Å². The molecule has 1 aromatic heterocycles. The highest BCUT2D eigenvalue weighted by molar-refractivity contribution is 5.81. The minimum Gasteiger partial charge on any atom is -0.465 e. The molecule has 2 N–H and O–H groups in total. The maximum Gasteiger partial charge on any atom is 0.325 e. The van der Waals surface area contributed by atoms with Gasteiger partial charge < -0.3 is 15.4 Å². The zero-order valence-electron chi connectivity index (χ0n) is 14.7. The third-order valence-corrected chi connectivity index (χ3v) is 4.23. The second-order valence-corrected chi connectivity index (χ2v) is 6.18. The maximum absolute atomic E-state index is 13.8. The van der Waals surface area contributed by atoms with Gasteiger partial charge in [0.25, 0.3) is 0 Å². The molecule has 1 saturated carbocycles. The Balaban J connectivity index is 1.53. The van der Waals surface area contributed by atoms with Gasteiger partial charge in [0.05, 0.1) is 12.3 Å². The van der Waals surface area contributed by atoms with Crippen molar-refractivity contribution in [3.63, 3.8) is 0 Å². The summed E-state index contributed by atoms with van der Waals surface area (Å²) in [5.41, 5.74) is 1.55. The number of nitrogens with one attached hydrogen (secondary N) is 2. The Hall–Kier alpha value is -3.03. The van der Waals surface area contributed by atoms with Gasteiger partial charge in [-0.05, 0) is 37.1 Å². The summed E-state index contributed by atoms with van der Waals surface area (Å²) in [6.45, 7) is 1.77. The molecular weight excluding hydrogens is 356 g/mol. The van der Waals surface area contributed by atoms with Crippen molar-refractivity contribution < 1.29 is 23.1 Å². The minimum absolute atomic E-state index is 0.0533. The first-order chi connectivity index (χ1) is 13.0. The normalized spacial score (nSPS) is 17.9. The molecule has 0 saturated heterocycles. The van der Waals surface area contributed by atoms with E-state index >= 15 is 0 Å². The summed E-state index contributed by atoms with van der Waals surface area (Å²) in [6.07, 6.45) is 2.37. The highest BCUT2D eigenvalue weighted by atomic mass is 19.1. The van der Waals surface area contributed by atoms with Crippen molar-refractivity contribution in [3.8, 4) is 11.3 Å². The Morgan fingerprint density at radius 3 is 2.74 bits per heavy atom. The zero-order valence-corrected chi connectivity index (χ0v) is 14.7. The van der Waals surface area contributed by atoms with Crippen LogP contribution in [0.1, 0.15) is 24.8 Å². The third-order valence-electron chi connectivity index (χ3n) is 4.23. The number of hydrogen-bond acceptors (Lipinski definition) is 4. The lowest BCUT2D eigenvalue weighted by Gasteiger charge is -2.08. The number of hydrogen-bond donors (Lipinski definition) is 2. The van der Waals surface area contributed by atoms with Gasteiger partial charge in [-0.1, -0.05) is 6.07 Å². The molecule has 1 aliphatic rings. The highest BCUT2D eigenvalue weighted by Crippen LogP contribution is 2.40. The van der Waals surface area contributed by atoms with Crippen molar-refractivity contribution >= 4 is 12.0 Å². The van der Waals surface area contributed by atoms with Crippen molar-refractivity contribution in [1.29, 1.82) is 0 Å². The SMILES string of the molecule is CCOC(=O)CNC(=O)NC1CC1c1ccc(-c2ccc(F)cc2F)nc1. The fourth-order valence-electron chi connectivity index (χ4n) is 2.79. The molecule has 2 amide bonds. The first-order valence-corrected chi connectivity index (χ1v) is 8.59. The Kier molecular flexibility index (Phi) is 5.63. The molecule has 1 aromatic carbocycles. The standard InChI is InChI=1S/C19H19F2N3O3/c1-2-27-18(25)10-23-19(26)24-17-8-14(17)11-3-6-16(22-9-11)13-5-4-12(20)7-15(13)21/h3-7,9,14,17H,2,8,10H2,1H3,(H2,23,24,26). The van der Waals surface area contributed by atoms with Gasteiger partial charge in [-0.3, -0.25) is 9.78 Å². The molecule has 142 valence electrons. The lowest BCUT2D eigenvalue weighted by molar-refractivity contribution is -0.141. The molecule has 1 fully saturated rings. The van der Waals surface area contributed by atoms with E-state index in [0.29, 0.717) is 5.69 Å². The van der Waals surface area contributed by atoms with Gasteiger partial charge in [-0.2, -0.15) is 0 Å². The van der Waals surface area contributed by atoms with Gasteiger partial charge in [0.15, 0.2) is 0 Å². The first kappa shape index (κ1) is 18.8. The first-order valence-electron chi connectivity index (χ1n) is 8.59. The molecule has 2 unspecified atom stereocenters. The van der Waals surface area contributed by atoms with E-state index in [9.17, 15) is 18.4 Å². The van der Waals surface area contributed by atoms with Crippen LogP contribution >= 0.6 is 0 Å². The number of halogens is 2. The zero-order chi connectivity index (χ0) is 19.4. The van der Waals surface area contributed by atoms with Gasteiger partial charge in [-0.25, -0.2) is 13.6 Å². The van der Waals surface area contributed by atoms with Crippen LogP contribution in [-0.4, -0.2) is 36.2 Å². The molecule has 3 rings (SSSR count). The predicted octanol–water partition coefficient (Wildman–Crippen LogP) is 2.75. The maximum atomic E-state index is 13.8. The van der Waals surface area contributed by atoms with Crippen molar-refractivity contribution in [2.75, 3.05) is 13.2 Å². The predicted molar refractivity (Wildman–Crippen MR) is 93.9 cm³/mol. The van der Waals surface area contributed by atoms with Gasteiger partial charge in [0.2, 0.25) is 0 Å². The van der Waals surface area contributed by atoms with Crippen molar-refractivity contribution in [3.05, 3.63) is 53.7 Å². The van der Waals surface area contributed by atoms with Crippen molar-refractivity contribution in [1.82, 2.24) is 15.6 Å². The molecule has 1 heterocycles. The van der Waals surface area contributed by atoms with Crippen LogP contribution in [0, 0.1) is 11.6 Å². The van der Waals surface area contributed by atoms with Gasteiger partial charge in [0, 0.05) is 29.8 Å². The molecule has 27 heavy (non-hydrogen) atoms. The fraction of sp³-hybridized carbons (Fsp3) is 0.316.